The van der Waals surface area contributed by atoms with Crippen molar-refractivity contribution in [3.63, 3.8) is 0 Å². The van der Waals surface area contributed by atoms with Gasteiger partial charge in [-0.1, -0.05) is 12.2 Å². The number of halogens is 3. The van der Waals surface area contributed by atoms with Gasteiger partial charge in [0.15, 0.2) is 0 Å². The number of rotatable bonds is 0. The molecule has 1 rings (SSSR count). The average molecular weight is 163 g/mol. The molecule has 1 aliphatic heterocycles. The molecule has 1 N–H and O–H groups in total. The molecule has 1 heterocycles. The summed E-state index contributed by atoms with van der Waals surface area (Å²) >= 11 is 0. The summed E-state index contributed by atoms with van der Waals surface area (Å²) in [5.41, 5.74) is -0.674. The number of allylic oxidation sites excluding steroid dienone is 3. The summed E-state index contributed by atoms with van der Waals surface area (Å²) in [5, 5.41) is 2.31. The van der Waals surface area contributed by atoms with Crippen LogP contribution in [0.3, 0.4) is 0 Å². The second-order valence-electron chi connectivity index (χ2n) is 2.40. The third-order valence-corrected chi connectivity index (χ3v) is 1.35. The largest absolute Gasteiger partial charge is 0.430 e. The number of alkyl halides is 3. The van der Waals surface area contributed by atoms with E-state index in [1.807, 2.05) is 0 Å². The Hall–Kier alpha value is -0.930. The summed E-state index contributed by atoms with van der Waals surface area (Å²) in [6.45, 7) is 1.66. The highest BCUT2D eigenvalue weighted by Gasteiger charge is 2.34. The molecule has 1 unspecified atom stereocenters. The van der Waals surface area contributed by atoms with Gasteiger partial charge in [-0.3, -0.25) is 0 Å². The van der Waals surface area contributed by atoms with Gasteiger partial charge in [-0.2, -0.15) is 13.2 Å². The highest BCUT2D eigenvalue weighted by molar-refractivity contribution is 5.22. The minimum atomic E-state index is -4.25. The van der Waals surface area contributed by atoms with Crippen LogP contribution in [0.2, 0.25) is 0 Å². The van der Waals surface area contributed by atoms with Crippen molar-refractivity contribution in [1.82, 2.24) is 5.32 Å². The van der Waals surface area contributed by atoms with Gasteiger partial charge in [0.2, 0.25) is 0 Å². The van der Waals surface area contributed by atoms with E-state index in [2.05, 4.69) is 5.32 Å². The van der Waals surface area contributed by atoms with Gasteiger partial charge in [0.1, 0.15) is 5.70 Å². The van der Waals surface area contributed by atoms with E-state index < -0.39 is 11.9 Å². The molecule has 1 nitrogen and oxygen atoms in total. The molecule has 0 radical (unpaired) electrons. The Morgan fingerprint density at radius 1 is 1.45 bits per heavy atom. The number of nitrogens with one attached hydrogen (secondary N) is 1. The first-order valence-corrected chi connectivity index (χ1v) is 3.22. The van der Waals surface area contributed by atoms with E-state index in [0.29, 0.717) is 0 Å². The van der Waals surface area contributed by atoms with Crippen LogP contribution in [0, 0.1) is 0 Å². The van der Waals surface area contributed by atoms with Crippen LogP contribution in [0.25, 0.3) is 0 Å². The van der Waals surface area contributed by atoms with Gasteiger partial charge >= 0.3 is 6.18 Å². The van der Waals surface area contributed by atoms with Crippen molar-refractivity contribution < 1.29 is 13.2 Å². The van der Waals surface area contributed by atoms with Crippen LogP contribution < -0.4 is 5.32 Å². The summed E-state index contributed by atoms with van der Waals surface area (Å²) in [6, 6.07) is -0.239. The molecule has 0 aromatic carbocycles. The molecular weight excluding hydrogens is 155 g/mol. The standard InChI is InChI=1S/C7H8F3N/c1-5-3-2-4-6(11-5)7(8,9)10/h2-5,11H,1H3. The SMILES string of the molecule is CC1C=CC=C(C(F)(F)F)N1. The first-order valence-electron chi connectivity index (χ1n) is 3.22. The van der Waals surface area contributed by atoms with Crippen LogP contribution in [0.5, 0.6) is 0 Å². The maximum atomic E-state index is 11.9. The lowest BCUT2D eigenvalue weighted by atomic mass is 10.2. The van der Waals surface area contributed by atoms with Crippen LogP contribution >= 0.6 is 0 Å². The van der Waals surface area contributed by atoms with E-state index in [1.165, 1.54) is 6.08 Å². The molecule has 62 valence electrons. The van der Waals surface area contributed by atoms with E-state index in [9.17, 15) is 13.2 Å². The molecule has 0 bridgehead atoms. The van der Waals surface area contributed by atoms with Crippen LogP contribution in [0.1, 0.15) is 6.92 Å². The lowest BCUT2D eigenvalue weighted by Gasteiger charge is -2.19. The number of dihydropyridines is 1. The quantitative estimate of drug-likeness (QED) is 0.575. The molecule has 0 aromatic rings. The zero-order valence-electron chi connectivity index (χ0n) is 5.94. The third kappa shape index (κ3) is 2.00. The second-order valence-corrected chi connectivity index (χ2v) is 2.40. The van der Waals surface area contributed by atoms with Gasteiger partial charge in [0.05, 0.1) is 0 Å². The Bertz CT molecular complexity index is 202. The summed E-state index contributed by atoms with van der Waals surface area (Å²) < 4.78 is 35.8. The fraction of sp³-hybridized carbons (Fsp3) is 0.429. The van der Waals surface area contributed by atoms with Crippen LogP contribution in [-0.4, -0.2) is 12.2 Å². The van der Waals surface area contributed by atoms with E-state index in [4.69, 9.17) is 0 Å². The fourth-order valence-electron chi connectivity index (χ4n) is 0.836. The van der Waals surface area contributed by atoms with Crippen LogP contribution in [0.15, 0.2) is 23.9 Å². The molecule has 0 fully saturated rings. The van der Waals surface area contributed by atoms with Crippen LogP contribution in [-0.2, 0) is 0 Å². The predicted molar refractivity (Wildman–Crippen MR) is 35.9 cm³/mol. The zero-order valence-corrected chi connectivity index (χ0v) is 5.94. The zero-order chi connectivity index (χ0) is 8.48. The topological polar surface area (TPSA) is 12.0 Å². The molecule has 0 spiro atoms. The highest BCUT2D eigenvalue weighted by atomic mass is 19.4. The Morgan fingerprint density at radius 2 is 2.09 bits per heavy atom. The lowest BCUT2D eigenvalue weighted by molar-refractivity contribution is -0.0974. The predicted octanol–water partition coefficient (Wildman–Crippen LogP) is 1.98. The minimum Gasteiger partial charge on any atom is -0.375 e. The molecule has 11 heavy (non-hydrogen) atoms. The van der Waals surface area contributed by atoms with Gasteiger partial charge in [-0.05, 0) is 13.0 Å². The van der Waals surface area contributed by atoms with Crippen molar-refractivity contribution in [3.05, 3.63) is 23.9 Å². The maximum Gasteiger partial charge on any atom is 0.430 e. The van der Waals surface area contributed by atoms with Crippen LogP contribution in [0.4, 0.5) is 13.2 Å². The summed E-state index contributed by atoms with van der Waals surface area (Å²) in [7, 11) is 0. The molecule has 0 aliphatic carbocycles. The number of hydrogen-bond donors (Lipinski definition) is 1. The molecule has 0 saturated carbocycles. The van der Waals surface area contributed by atoms with Gasteiger partial charge in [-0.25, -0.2) is 0 Å². The van der Waals surface area contributed by atoms with E-state index in [0.717, 1.165) is 6.08 Å². The monoisotopic (exact) mass is 163 g/mol. The summed E-state index contributed by atoms with van der Waals surface area (Å²) in [6.07, 6.45) is -0.155. The molecule has 1 aliphatic rings. The van der Waals surface area contributed by atoms with Crippen molar-refractivity contribution in [2.45, 2.75) is 19.1 Å². The molecule has 0 saturated heterocycles. The summed E-state index contributed by atoms with van der Waals surface area (Å²) in [5.74, 6) is 0. The van der Waals surface area contributed by atoms with E-state index in [-0.39, 0.29) is 6.04 Å². The highest BCUT2D eigenvalue weighted by Crippen LogP contribution is 2.25. The molecule has 4 heteroatoms. The smallest absolute Gasteiger partial charge is 0.375 e. The third-order valence-electron chi connectivity index (χ3n) is 1.35. The molecule has 0 amide bonds. The molecule has 0 aromatic heterocycles. The van der Waals surface area contributed by atoms with Gasteiger partial charge in [-0.15, -0.1) is 0 Å². The fourth-order valence-corrected chi connectivity index (χ4v) is 0.836. The lowest BCUT2D eigenvalue weighted by Crippen LogP contribution is -2.33. The van der Waals surface area contributed by atoms with E-state index in [1.54, 1.807) is 13.0 Å². The Kier molecular flexibility index (Phi) is 1.93. The normalized spacial score (nSPS) is 24.4. The Labute approximate surface area is 62.6 Å². The van der Waals surface area contributed by atoms with Gasteiger partial charge in [0.25, 0.3) is 0 Å². The minimum absolute atomic E-state index is 0.239. The molecular formula is C7H8F3N. The summed E-state index contributed by atoms with van der Waals surface area (Å²) in [4.78, 5) is 0. The van der Waals surface area contributed by atoms with Crippen molar-refractivity contribution in [2.75, 3.05) is 0 Å². The average Bonchev–Trinajstić information content (AvgIpc) is 1.86. The second kappa shape index (κ2) is 2.60. The van der Waals surface area contributed by atoms with Crippen molar-refractivity contribution in [1.29, 1.82) is 0 Å². The van der Waals surface area contributed by atoms with Crippen molar-refractivity contribution in [3.8, 4) is 0 Å². The van der Waals surface area contributed by atoms with Gasteiger partial charge in [0, 0.05) is 6.04 Å². The van der Waals surface area contributed by atoms with Crippen molar-refractivity contribution in [2.24, 2.45) is 0 Å². The maximum absolute atomic E-state index is 11.9. The first-order chi connectivity index (χ1) is 5.00. The Balaban J connectivity index is 2.75. The van der Waals surface area contributed by atoms with Gasteiger partial charge < -0.3 is 5.32 Å². The first kappa shape index (κ1) is 8.17. The van der Waals surface area contributed by atoms with Crippen molar-refractivity contribution >= 4 is 0 Å². The van der Waals surface area contributed by atoms with E-state index >= 15 is 0 Å². The Morgan fingerprint density at radius 3 is 2.45 bits per heavy atom. The molecule has 1 atom stereocenters. The number of hydrogen-bond acceptors (Lipinski definition) is 1.